The normalized spacial score (nSPS) is 25.4. The van der Waals surface area contributed by atoms with Crippen LogP contribution in [0.2, 0.25) is 0 Å². The quantitative estimate of drug-likeness (QED) is 0.906. The highest BCUT2D eigenvalue weighted by atomic mass is 15.2. The Hall–Kier alpha value is -1.06. The van der Waals surface area contributed by atoms with Crippen molar-refractivity contribution < 1.29 is 0 Å². The van der Waals surface area contributed by atoms with E-state index in [1.165, 1.54) is 17.7 Å². The number of hydrogen-bond donors (Lipinski definition) is 1. The first-order chi connectivity index (χ1) is 9.11. The summed E-state index contributed by atoms with van der Waals surface area (Å²) in [6, 6.07) is 10.1. The predicted molar refractivity (Wildman–Crippen MR) is 82.7 cm³/mol. The maximum absolute atomic E-state index is 5.78. The van der Waals surface area contributed by atoms with Gasteiger partial charge in [-0.05, 0) is 52.4 Å². The fraction of sp³-hybridized carbons (Fsp3) is 0.625. The number of rotatable bonds is 3. The summed E-state index contributed by atoms with van der Waals surface area (Å²) < 4.78 is 0. The van der Waals surface area contributed by atoms with Gasteiger partial charge in [0.25, 0.3) is 0 Å². The van der Waals surface area contributed by atoms with E-state index < -0.39 is 0 Å². The molecule has 19 heavy (non-hydrogen) atoms. The molecule has 2 N–H and O–H groups in total. The van der Waals surface area contributed by atoms with Crippen LogP contribution in [0, 0.1) is 6.92 Å². The Morgan fingerprint density at radius 3 is 2.58 bits per heavy atom. The number of nitrogens with two attached hydrogens (primary N) is 1. The van der Waals surface area contributed by atoms with Crippen molar-refractivity contribution in [1.29, 1.82) is 0 Å². The van der Waals surface area contributed by atoms with Crippen LogP contribution in [0.3, 0.4) is 0 Å². The Kier molecular flexibility index (Phi) is 4.83. The van der Waals surface area contributed by atoms with Gasteiger partial charge in [-0.25, -0.2) is 0 Å². The molecule has 1 aliphatic rings. The zero-order valence-corrected chi connectivity index (χ0v) is 12.5. The van der Waals surface area contributed by atoms with Gasteiger partial charge in [0.2, 0.25) is 0 Å². The minimum absolute atomic E-state index is 0.559. The van der Waals surface area contributed by atoms with E-state index >= 15 is 0 Å². The van der Waals surface area contributed by atoms with Crippen LogP contribution in [0.5, 0.6) is 0 Å². The molecule has 2 rings (SSSR count). The fourth-order valence-electron chi connectivity index (χ4n) is 2.86. The molecule has 1 aliphatic heterocycles. The molecular weight excluding hydrogens is 234 g/mol. The first-order valence-corrected chi connectivity index (χ1v) is 7.35. The summed E-state index contributed by atoms with van der Waals surface area (Å²) in [6.07, 6.45) is 2.29. The van der Waals surface area contributed by atoms with Gasteiger partial charge in [-0.15, -0.1) is 0 Å². The Balaban J connectivity index is 2.14. The summed E-state index contributed by atoms with van der Waals surface area (Å²) in [5.74, 6) is 0. The van der Waals surface area contributed by atoms with E-state index in [1.54, 1.807) is 0 Å². The second-order valence-corrected chi connectivity index (χ2v) is 5.82. The highest BCUT2D eigenvalue weighted by Gasteiger charge is 2.26. The second kappa shape index (κ2) is 6.40. The predicted octanol–water partition coefficient (Wildman–Crippen LogP) is 2.24. The molecule has 1 fully saturated rings. The van der Waals surface area contributed by atoms with Gasteiger partial charge in [0, 0.05) is 30.9 Å². The van der Waals surface area contributed by atoms with Crippen LogP contribution in [0.1, 0.15) is 25.3 Å². The Bertz CT molecular complexity index is 387. The molecule has 3 nitrogen and oxygen atoms in total. The number of hydrogen-bond acceptors (Lipinski definition) is 3. The van der Waals surface area contributed by atoms with E-state index in [0.29, 0.717) is 12.1 Å². The third-order valence-corrected chi connectivity index (χ3v) is 4.42. The molecule has 2 atom stereocenters. The zero-order chi connectivity index (χ0) is 13.8. The van der Waals surface area contributed by atoms with Gasteiger partial charge < -0.3 is 10.6 Å². The van der Waals surface area contributed by atoms with Crippen molar-refractivity contribution in [2.24, 2.45) is 5.73 Å². The second-order valence-electron chi connectivity index (χ2n) is 5.82. The monoisotopic (exact) mass is 261 g/mol. The van der Waals surface area contributed by atoms with E-state index in [-0.39, 0.29) is 0 Å². The third-order valence-electron chi connectivity index (χ3n) is 4.42. The van der Waals surface area contributed by atoms with Crippen molar-refractivity contribution >= 4 is 5.69 Å². The smallest absolute Gasteiger partial charge is 0.0366 e. The first-order valence-electron chi connectivity index (χ1n) is 7.35. The molecule has 0 bridgehead atoms. The Morgan fingerprint density at radius 2 is 1.95 bits per heavy atom. The minimum atomic E-state index is 0.559. The van der Waals surface area contributed by atoms with Crippen LogP contribution >= 0.6 is 0 Å². The summed E-state index contributed by atoms with van der Waals surface area (Å²) in [6.45, 7) is 7.45. The molecule has 0 spiro atoms. The molecule has 1 heterocycles. The van der Waals surface area contributed by atoms with Crippen molar-refractivity contribution in [3.8, 4) is 0 Å². The molecule has 106 valence electrons. The van der Waals surface area contributed by atoms with Crippen molar-refractivity contribution in [1.82, 2.24) is 4.90 Å². The van der Waals surface area contributed by atoms with Crippen molar-refractivity contribution in [3.05, 3.63) is 29.8 Å². The minimum Gasteiger partial charge on any atom is -0.370 e. The first kappa shape index (κ1) is 14.4. The lowest BCUT2D eigenvalue weighted by atomic mass is 10.1. The van der Waals surface area contributed by atoms with Crippen LogP contribution in [0.4, 0.5) is 5.69 Å². The molecule has 1 aromatic rings. The van der Waals surface area contributed by atoms with Gasteiger partial charge in [0.1, 0.15) is 0 Å². The largest absolute Gasteiger partial charge is 0.370 e. The van der Waals surface area contributed by atoms with Crippen molar-refractivity contribution in [3.63, 3.8) is 0 Å². The van der Waals surface area contributed by atoms with E-state index in [9.17, 15) is 0 Å². The van der Waals surface area contributed by atoms with Crippen molar-refractivity contribution in [2.75, 3.05) is 31.6 Å². The highest BCUT2D eigenvalue weighted by molar-refractivity contribution is 5.47. The van der Waals surface area contributed by atoms with Crippen LogP contribution in [-0.2, 0) is 0 Å². The lowest BCUT2D eigenvalue weighted by Crippen LogP contribution is -2.42. The topological polar surface area (TPSA) is 32.5 Å². The van der Waals surface area contributed by atoms with Gasteiger partial charge in [0.05, 0.1) is 0 Å². The number of likely N-dealkylation sites (N-methyl/N-ethyl adjacent to an activating group) is 1. The number of anilines is 1. The maximum atomic E-state index is 5.78. The lowest BCUT2D eigenvalue weighted by Gasteiger charge is -2.32. The van der Waals surface area contributed by atoms with Gasteiger partial charge >= 0.3 is 0 Å². The van der Waals surface area contributed by atoms with Crippen LogP contribution in [0.15, 0.2) is 24.3 Å². The van der Waals surface area contributed by atoms with Gasteiger partial charge in [-0.2, -0.15) is 0 Å². The highest BCUT2D eigenvalue weighted by Crippen LogP contribution is 2.22. The molecule has 1 aromatic carbocycles. The molecule has 2 unspecified atom stereocenters. The number of aryl methyl sites for hydroxylation is 1. The van der Waals surface area contributed by atoms with Crippen LogP contribution in [-0.4, -0.2) is 43.7 Å². The van der Waals surface area contributed by atoms with Crippen LogP contribution < -0.4 is 10.6 Å². The van der Waals surface area contributed by atoms with E-state index in [2.05, 4.69) is 55.0 Å². The lowest BCUT2D eigenvalue weighted by molar-refractivity contribution is 0.190. The number of benzene rings is 1. The van der Waals surface area contributed by atoms with Crippen LogP contribution in [0.25, 0.3) is 0 Å². The zero-order valence-electron chi connectivity index (χ0n) is 12.5. The molecule has 0 amide bonds. The Labute approximate surface area is 117 Å². The SMILES string of the molecule is Cc1ccc(N2CCC(C)N(C)C(CCN)C2)cc1. The summed E-state index contributed by atoms with van der Waals surface area (Å²) in [5, 5.41) is 0. The molecule has 0 radical (unpaired) electrons. The van der Waals surface area contributed by atoms with Gasteiger partial charge in [-0.3, -0.25) is 4.90 Å². The molecule has 3 heteroatoms. The number of nitrogens with zero attached hydrogens (tertiary/aromatic N) is 2. The van der Waals surface area contributed by atoms with E-state index in [1.807, 2.05) is 0 Å². The molecular formula is C16H27N3. The average molecular weight is 261 g/mol. The third kappa shape index (κ3) is 3.48. The summed E-state index contributed by atoms with van der Waals surface area (Å²) in [5.41, 5.74) is 8.44. The summed E-state index contributed by atoms with van der Waals surface area (Å²) in [7, 11) is 2.24. The molecule has 0 aromatic heterocycles. The molecule has 0 aliphatic carbocycles. The van der Waals surface area contributed by atoms with Gasteiger partial charge in [0.15, 0.2) is 0 Å². The summed E-state index contributed by atoms with van der Waals surface area (Å²) >= 11 is 0. The summed E-state index contributed by atoms with van der Waals surface area (Å²) in [4.78, 5) is 5.01. The fourth-order valence-corrected chi connectivity index (χ4v) is 2.86. The van der Waals surface area contributed by atoms with Crippen molar-refractivity contribution in [2.45, 2.75) is 38.8 Å². The standard InChI is InChI=1S/C16H27N3/c1-13-4-6-15(7-5-13)19-11-9-14(2)18(3)16(12-19)8-10-17/h4-7,14,16H,8-12,17H2,1-3H3. The van der Waals surface area contributed by atoms with E-state index in [4.69, 9.17) is 5.73 Å². The van der Waals surface area contributed by atoms with Gasteiger partial charge in [-0.1, -0.05) is 17.7 Å². The molecule has 0 saturated carbocycles. The molecule has 1 saturated heterocycles. The maximum Gasteiger partial charge on any atom is 0.0366 e. The van der Waals surface area contributed by atoms with E-state index in [0.717, 1.165) is 26.1 Å². The average Bonchev–Trinajstić information content (AvgIpc) is 2.54. The Morgan fingerprint density at radius 1 is 1.26 bits per heavy atom.